The molecule has 1 heterocycles. The van der Waals surface area contributed by atoms with Gasteiger partial charge in [0.05, 0.1) is 10.7 Å². The summed E-state index contributed by atoms with van der Waals surface area (Å²) in [6.45, 7) is 6.23. The topological polar surface area (TPSA) is 36.9 Å². The first-order valence-corrected chi connectivity index (χ1v) is 9.76. The fourth-order valence-corrected chi connectivity index (χ4v) is 3.32. The molecule has 6 heteroatoms. The average Bonchev–Trinajstić information content (AvgIpc) is 3.09. The molecule has 0 bridgehead atoms. The number of aliphatic imine (C=N–C) groups is 1. The number of benzene rings is 2. The van der Waals surface area contributed by atoms with Gasteiger partial charge in [0.1, 0.15) is 17.8 Å². The maximum atomic E-state index is 6.07. The van der Waals surface area contributed by atoms with Gasteiger partial charge in [-0.3, -0.25) is 0 Å². The van der Waals surface area contributed by atoms with E-state index in [9.17, 15) is 0 Å². The van der Waals surface area contributed by atoms with E-state index in [1.54, 1.807) is 6.34 Å². The maximum Gasteiger partial charge on any atom is 0.130 e. The Morgan fingerprint density at radius 2 is 1.92 bits per heavy atom. The molecule has 0 amide bonds. The summed E-state index contributed by atoms with van der Waals surface area (Å²) in [4.78, 5) is 4.55. The standard InChI is InChI=1S/C19H21ClIN3O/c1-13-10-19(25-15-5-6-16(20)17(21)11-15)14(2)9-18(13)22-12-23-24-7-3-4-8-24/h5-6,9-12H,3-4,7-8H2,1-2H3,(H,22,23). The molecule has 0 aliphatic carbocycles. The summed E-state index contributed by atoms with van der Waals surface area (Å²) in [5.74, 6) is 1.62. The Labute approximate surface area is 167 Å². The average molecular weight is 470 g/mol. The molecule has 132 valence electrons. The monoisotopic (exact) mass is 469 g/mol. The van der Waals surface area contributed by atoms with Crippen LogP contribution >= 0.6 is 34.2 Å². The van der Waals surface area contributed by atoms with Gasteiger partial charge in [0, 0.05) is 16.7 Å². The van der Waals surface area contributed by atoms with E-state index in [2.05, 4.69) is 38.0 Å². The molecule has 0 spiro atoms. The van der Waals surface area contributed by atoms with Gasteiger partial charge in [-0.15, -0.1) is 0 Å². The van der Waals surface area contributed by atoms with Gasteiger partial charge < -0.3 is 10.2 Å². The first-order valence-electron chi connectivity index (χ1n) is 8.31. The van der Waals surface area contributed by atoms with Crippen molar-refractivity contribution in [3.63, 3.8) is 0 Å². The molecule has 1 aliphatic heterocycles. The summed E-state index contributed by atoms with van der Waals surface area (Å²) < 4.78 is 7.00. The van der Waals surface area contributed by atoms with Gasteiger partial charge in [0.25, 0.3) is 0 Å². The maximum absolute atomic E-state index is 6.07. The van der Waals surface area contributed by atoms with E-state index in [-0.39, 0.29) is 0 Å². The first kappa shape index (κ1) is 18.5. The van der Waals surface area contributed by atoms with Crippen LogP contribution in [0.5, 0.6) is 11.5 Å². The molecule has 1 N–H and O–H groups in total. The highest BCUT2D eigenvalue weighted by molar-refractivity contribution is 14.1. The van der Waals surface area contributed by atoms with E-state index in [0.29, 0.717) is 0 Å². The Kier molecular flexibility index (Phi) is 6.19. The second-order valence-electron chi connectivity index (χ2n) is 6.16. The van der Waals surface area contributed by atoms with Crippen LogP contribution in [-0.2, 0) is 0 Å². The molecule has 25 heavy (non-hydrogen) atoms. The molecule has 0 aromatic heterocycles. The molecule has 1 saturated heterocycles. The van der Waals surface area contributed by atoms with Crippen molar-refractivity contribution >= 4 is 46.2 Å². The van der Waals surface area contributed by atoms with Crippen LogP contribution < -0.4 is 10.2 Å². The number of hydrogen-bond acceptors (Lipinski definition) is 3. The number of nitrogens with zero attached hydrogens (tertiary/aromatic N) is 2. The van der Waals surface area contributed by atoms with Crippen molar-refractivity contribution in [1.29, 1.82) is 0 Å². The van der Waals surface area contributed by atoms with Gasteiger partial charge in [0.15, 0.2) is 0 Å². The number of aryl methyl sites for hydroxylation is 2. The zero-order valence-electron chi connectivity index (χ0n) is 14.4. The summed E-state index contributed by atoms with van der Waals surface area (Å²) in [5.41, 5.74) is 6.30. The van der Waals surface area contributed by atoms with E-state index in [1.165, 1.54) is 12.8 Å². The van der Waals surface area contributed by atoms with E-state index in [0.717, 1.165) is 50.0 Å². The van der Waals surface area contributed by atoms with Crippen molar-refractivity contribution in [2.24, 2.45) is 4.99 Å². The number of hydrogen-bond donors (Lipinski definition) is 1. The predicted octanol–water partition coefficient (Wildman–Crippen LogP) is 5.61. The van der Waals surface area contributed by atoms with Crippen LogP contribution in [0.3, 0.4) is 0 Å². The minimum Gasteiger partial charge on any atom is -0.457 e. The Hall–Kier alpha value is -1.31. The summed E-state index contributed by atoms with van der Waals surface area (Å²) in [6.07, 6.45) is 4.26. The van der Waals surface area contributed by atoms with Gasteiger partial charge in [0.2, 0.25) is 0 Å². The Balaban J connectivity index is 1.72. The van der Waals surface area contributed by atoms with Crippen LogP contribution in [0.2, 0.25) is 5.02 Å². The zero-order valence-corrected chi connectivity index (χ0v) is 17.3. The second kappa shape index (κ2) is 8.38. The van der Waals surface area contributed by atoms with E-state index in [4.69, 9.17) is 16.3 Å². The third kappa shape index (κ3) is 4.86. The van der Waals surface area contributed by atoms with E-state index in [1.807, 2.05) is 44.2 Å². The molecule has 2 aromatic rings. The third-order valence-corrected chi connectivity index (χ3v) is 5.70. The highest BCUT2D eigenvalue weighted by Crippen LogP contribution is 2.33. The molecule has 0 atom stereocenters. The van der Waals surface area contributed by atoms with E-state index >= 15 is 0 Å². The van der Waals surface area contributed by atoms with Gasteiger partial charge in [-0.1, -0.05) is 11.6 Å². The Bertz CT molecular complexity index is 788. The predicted molar refractivity (Wildman–Crippen MR) is 112 cm³/mol. The number of nitrogens with one attached hydrogen (secondary N) is 1. The Morgan fingerprint density at radius 1 is 1.16 bits per heavy atom. The lowest BCUT2D eigenvalue weighted by Crippen LogP contribution is -2.33. The summed E-state index contributed by atoms with van der Waals surface area (Å²) in [6, 6.07) is 9.74. The lowest BCUT2D eigenvalue weighted by Gasteiger charge is -2.14. The highest BCUT2D eigenvalue weighted by Gasteiger charge is 2.10. The molecule has 3 rings (SSSR count). The summed E-state index contributed by atoms with van der Waals surface area (Å²) in [5, 5.41) is 2.92. The van der Waals surface area contributed by atoms with Gasteiger partial charge in [-0.2, -0.15) is 0 Å². The van der Waals surface area contributed by atoms with Crippen LogP contribution in [0.1, 0.15) is 24.0 Å². The highest BCUT2D eigenvalue weighted by atomic mass is 127. The van der Waals surface area contributed by atoms with Crippen LogP contribution in [0.15, 0.2) is 35.3 Å². The smallest absolute Gasteiger partial charge is 0.130 e. The van der Waals surface area contributed by atoms with Crippen molar-refractivity contribution in [3.05, 3.63) is 50.1 Å². The molecule has 0 radical (unpaired) electrons. The van der Waals surface area contributed by atoms with Crippen LogP contribution in [0, 0.1) is 17.4 Å². The molecule has 0 saturated carbocycles. The third-order valence-electron chi connectivity index (χ3n) is 4.16. The summed E-state index contributed by atoms with van der Waals surface area (Å²) in [7, 11) is 0. The number of hydrazine groups is 1. The molecule has 4 nitrogen and oxygen atoms in total. The Morgan fingerprint density at radius 3 is 2.64 bits per heavy atom. The van der Waals surface area contributed by atoms with Gasteiger partial charge in [-0.25, -0.2) is 10.0 Å². The first-order chi connectivity index (χ1) is 12.0. The lowest BCUT2D eigenvalue weighted by atomic mass is 10.1. The second-order valence-corrected chi connectivity index (χ2v) is 7.73. The van der Waals surface area contributed by atoms with Crippen LogP contribution in [0.4, 0.5) is 5.69 Å². The minimum absolute atomic E-state index is 0.732. The number of halogens is 2. The minimum atomic E-state index is 0.732. The molecular weight excluding hydrogens is 449 g/mol. The molecule has 1 fully saturated rings. The zero-order chi connectivity index (χ0) is 17.8. The largest absolute Gasteiger partial charge is 0.457 e. The van der Waals surface area contributed by atoms with Crippen LogP contribution in [-0.4, -0.2) is 24.4 Å². The fourth-order valence-electron chi connectivity index (χ4n) is 2.72. The number of ether oxygens (including phenoxy) is 1. The van der Waals surface area contributed by atoms with Crippen molar-refractivity contribution in [2.45, 2.75) is 26.7 Å². The molecule has 1 aliphatic rings. The van der Waals surface area contributed by atoms with Crippen molar-refractivity contribution in [2.75, 3.05) is 13.1 Å². The molecule has 2 aromatic carbocycles. The van der Waals surface area contributed by atoms with E-state index < -0.39 is 0 Å². The SMILES string of the molecule is Cc1cc(Oc2ccc(Cl)c(I)c2)c(C)cc1/N=C/NN1CCCC1. The van der Waals surface area contributed by atoms with Crippen LogP contribution in [0.25, 0.3) is 0 Å². The fraction of sp³-hybridized carbons (Fsp3) is 0.316. The van der Waals surface area contributed by atoms with Crippen molar-refractivity contribution in [1.82, 2.24) is 10.4 Å². The molecular formula is C19H21ClIN3O. The lowest BCUT2D eigenvalue weighted by molar-refractivity contribution is 0.300. The number of rotatable bonds is 5. The van der Waals surface area contributed by atoms with Crippen molar-refractivity contribution in [3.8, 4) is 11.5 Å². The van der Waals surface area contributed by atoms with Gasteiger partial charge in [-0.05, 0) is 90.7 Å². The van der Waals surface area contributed by atoms with Crippen molar-refractivity contribution < 1.29 is 4.74 Å². The normalized spacial score (nSPS) is 15.0. The quantitative estimate of drug-likeness (QED) is 0.351. The van der Waals surface area contributed by atoms with Gasteiger partial charge >= 0.3 is 0 Å². The molecule has 0 unspecified atom stereocenters. The summed E-state index contributed by atoms with van der Waals surface area (Å²) >= 11 is 8.27.